The molecule has 0 saturated heterocycles. The molecule has 0 radical (unpaired) electrons. The Balaban J connectivity index is 3.21. The second-order valence-corrected chi connectivity index (χ2v) is 4.89. The third-order valence-corrected chi connectivity index (χ3v) is 2.11. The second kappa shape index (κ2) is 4.53. The molecular weight excluding hydrogens is 223 g/mol. The Kier molecular flexibility index (Phi) is 3.50. The monoisotopic (exact) mass is 238 g/mol. The summed E-state index contributed by atoms with van der Waals surface area (Å²) in [6.45, 7) is 5.95. The molecule has 0 fully saturated rings. The summed E-state index contributed by atoms with van der Waals surface area (Å²) < 4.78 is 13.2. The summed E-state index contributed by atoms with van der Waals surface area (Å²) >= 11 is 0. The summed E-state index contributed by atoms with van der Waals surface area (Å²) in [5, 5.41) is 10.6. The third-order valence-electron chi connectivity index (χ3n) is 2.11. The number of allylic oxidation sites excluding steroid dienone is 1. The van der Waals surface area contributed by atoms with Gasteiger partial charge in [-0.2, -0.15) is 4.39 Å². The summed E-state index contributed by atoms with van der Waals surface area (Å²) in [5.41, 5.74) is 5.61. The molecule has 0 atom stereocenters. The first-order valence-corrected chi connectivity index (χ1v) is 5.13. The molecule has 2 N–H and O–H groups in total. The van der Waals surface area contributed by atoms with E-state index in [0.717, 1.165) is 12.1 Å². The molecule has 0 spiro atoms. The van der Waals surface area contributed by atoms with E-state index in [-0.39, 0.29) is 11.1 Å². The van der Waals surface area contributed by atoms with Crippen molar-refractivity contribution in [3.05, 3.63) is 39.7 Å². The van der Waals surface area contributed by atoms with E-state index in [9.17, 15) is 14.5 Å². The normalized spacial score (nSPS) is 12.0. The fraction of sp³-hybridized carbons (Fsp3) is 0.333. The van der Waals surface area contributed by atoms with Crippen LogP contribution in [-0.4, -0.2) is 4.92 Å². The van der Waals surface area contributed by atoms with Crippen LogP contribution in [0.2, 0.25) is 0 Å². The van der Waals surface area contributed by atoms with Crippen molar-refractivity contribution in [3.8, 4) is 0 Å². The highest BCUT2D eigenvalue weighted by molar-refractivity contribution is 5.67. The molecule has 0 amide bonds. The van der Waals surface area contributed by atoms with E-state index in [2.05, 4.69) is 0 Å². The number of nitro groups is 1. The fourth-order valence-electron chi connectivity index (χ4n) is 1.22. The van der Waals surface area contributed by atoms with Crippen LogP contribution in [-0.2, 0) is 0 Å². The van der Waals surface area contributed by atoms with Crippen LogP contribution in [0, 0.1) is 21.3 Å². The number of anilines is 1. The van der Waals surface area contributed by atoms with Gasteiger partial charge in [0.1, 0.15) is 0 Å². The van der Waals surface area contributed by atoms with Gasteiger partial charge in [0.25, 0.3) is 0 Å². The average molecular weight is 238 g/mol. The zero-order valence-corrected chi connectivity index (χ0v) is 10.0. The van der Waals surface area contributed by atoms with Gasteiger partial charge in [-0.1, -0.05) is 32.9 Å². The molecule has 1 aromatic carbocycles. The largest absolute Gasteiger partial charge is 0.398 e. The van der Waals surface area contributed by atoms with Gasteiger partial charge in [-0.3, -0.25) is 10.1 Å². The minimum Gasteiger partial charge on any atom is -0.398 e. The van der Waals surface area contributed by atoms with Crippen LogP contribution < -0.4 is 5.73 Å². The van der Waals surface area contributed by atoms with Crippen LogP contribution in [0.1, 0.15) is 26.3 Å². The minimum atomic E-state index is -0.916. The molecule has 17 heavy (non-hydrogen) atoms. The van der Waals surface area contributed by atoms with Crippen LogP contribution in [0.15, 0.2) is 18.2 Å². The first-order chi connectivity index (χ1) is 7.70. The van der Waals surface area contributed by atoms with Gasteiger partial charge in [-0.05, 0) is 5.41 Å². The van der Waals surface area contributed by atoms with Crippen molar-refractivity contribution in [3.63, 3.8) is 0 Å². The fourth-order valence-corrected chi connectivity index (χ4v) is 1.22. The van der Waals surface area contributed by atoms with E-state index in [1.54, 1.807) is 6.08 Å². The van der Waals surface area contributed by atoms with Gasteiger partial charge < -0.3 is 5.73 Å². The Morgan fingerprint density at radius 1 is 1.41 bits per heavy atom. The zero-order valence-electron chi connectivity index (χ0n) is 10.0. The van der Waals surface area contributed by atoms with E-state index >= 15 is 0 Å². The van der Waals surface area contributed by atoms with Crippen molar-refractivity contribution >= 4 is 17.5 Å². The number of nitrogens with two attached hydrogens (primary N) is 1. The van der Waals surface area contributed by atoms with Crippen LogP contribution >= 0.6 is 0 Å². The number of hydrogen-bond acceptors (Lipinski definition) is 3. The number of hydrogen-bond donors (Lipinski definition) is 1. The van der Waals surface area contributed by atoms with Gasteiger partial charge in [0.2, 0.25) is 5.82 Å². The molecule has 1 rings (SSSR count). The van der Waals surface area contributed by atoms with Gasteiger partial charge in [-0.15, -0.1) is 0 Å². The average Bonchev–Trinajstić information content (AvgIpc) is 2.14. The first kappa shape index (κ1) is 13.2. The van der Waals surface area contributed by atoms with Crippen LogP contribution in [0.25, 0.3) is 6.08 Å². The van der Waals surface area contributed by atoms with Gasteiger partial charge in [0.05, 0.1) is 4.92 Å². The Labute approximate surface area is 99.1 Å². The molecule has 0 saturated carbocycles. The van der Waals surface area contributed by atoms with Crippen LogP contribution in [0.4, 0.5) is 15.8 Å². The Morgan fingerprint density at radius 2 is 2.00 bits per heavy atom. The topological polar surface area (TPSA) is 69.2 Å². The van der Waals surface area contributed by atoms with Gasteiger partial charge in [0, 0.05) is 23.4 Å². The molecule has 5 heteroatoms. The molecule has 0 unspecified atom stereocenters. The maximum absolute atomic E-state index is 13.2. The molecule has 4 nitrogen and oxygen atoms in total. The van der Waals surface area contributed by atoms with Gasteiger partial charge in [0.15, 0.2) is 0 Å². The summed E-state index contributed by atoms with van der Waals surface area (Å²) in [7, 11) is 0. The highest BCUT2D eigenvalue weighted by Gasteiger charge is 2.16. The molecule has 1 aromatic rings. The van der Waals surface area contributed by atoms with Crippen molar-refractivity contribution in [2.45, 2.75) is 20.8 Å². The van der Waals surface area contributed by atoms with Crippen molar-refractivity contribution in [1.29, 1.82) is 0 Å². The molecule has 0 heterocycles. The van der Waals surface area contributed by atoms with Crippen molar-refractivity contribution in [2.75, 3.05) is 5.73 Å². The number of halogens is 1. The second-order valence-electron chi connectivity index (χ2n) is 4.89. The summed E-state index contributed by atoms with van der Waals surface area (Å²) in [6.07, 6.45) is 3.53. The van der Waals surface area contributed by atoms with Gasteiger partial charge in [-0.25, -0.2) is 0 Å². The van der Waals surface area contributed by atoms with E-state index in [1.807, 2.05) is 26.8 Å². The van der Waals surface area contributed by atoms with Crippen LogP contribution in [0.3, 0.4) is 0 Å². The number of benzene rings is 1. The number of nitrogen functional groups attached to an aromatic ring is 1. The molecule has 0 aliphatic heterocycles. The van der Waals surface area contributed by atoms with E-state index in [1.165, 1.54) is 0 Å². The summed E-state index contributed by atoms with van der Waals surface area (Å²) in [5.74, 6) is -0.916. The lowest BCUT2D eigenvalue weighted by Crippen LogP contribution is -2.00. The molecule has 0 aliphatic rings. The molecular formula is C12H15FN2O2. The predicted molar refractivity (Wildman–Crippen MR) is 66.0 cm³/mol. The van der Waals surface area contributed by atoms with E-state index in [0.29, 0.717) is 5.56 Å². The maximum Gasteiger partial charge on any atom is 0.305 e. The van der Waals surface area contributed by atoms with Gasteiger partial charge >= 0.3 is 5.69 Å². The Bertz CT molecular complexity index is 476. The highest BCUT2D eigenvalue weighted by atomic mass is 19.1. The number of rotatable bonds is 2. The quantitative estimate of drug-likeness (QED) is 0.488. The Morgan fingerprint density at radius 3 is 2.47 bits per heavy atom. The van der Waals surface area contributed by atoms with Crippen molar-refractivity contribution in [1.82, 2.24) is 0 Å². The maximum atomic E-state index is 13.2. The third kappa shape index (κ3) is 3.55. The van der Waals surface area contributed by atoms with Crippen LogP contribution in [0.5, 0.6) is 0 Å². The minimum absolute atomic E-state index is 0.0738. The van der Waals surface area contributed by atoms with E-state index in [4.69, 9.17) is 5.73 Å². The summed E-state index contributed by atoms with van der Waals surface area (Å²) in [4.78, 5) is 9.83. The zero-order chi connectivity index (χ0) is 13.2. The molecule has 0 aromatic heterocycles. The number of nitrogens with zero attached hydrogens (tertiary/aromatic N) is 1. The molecule has 0 aliphatic carbocycles. The highest BCUT2D eigenvalue weighted by Crippen LogP contribution is 2.26. The molecule has 0 bridgehead atoms. The lowest BCUT2D eigenvalue weighted by Gasteiger charge is -2.11. The standard InChI is InChI=1S/C12H15FN2O2/c1-12(2,3)5-4-8-6-11(15(16)17)9(13)7-10(8)14/h4-7H,14H2,1-3H3/b5-4+. The predicted octanol–water partition coefficient (Wildman–Crippen LogP) is 3.38. The number of nitro benzene ring substituents is 1. The van der Waals surface area contributed by atoms with E-state index < -0.39 is 16.4 Å². The first-order valence-electron chi connectivity index (χ1n) is 5.13. The molecule has 92 valence electrons. The lowest BCUT2D eigenvalue weighted by atomic mass is 9.95. The Hall–Kier alpha value is -1.91. The SMILES string of the molecule is CC(C)(C)/C=C/c1cc([N+](=O)[O-])c(F)cc1N. The smallest absolute Gasteiger partial charge is 0.305 e. The summed E-state index contributed by atoms with van der Waals surface area (Å²) in [6, 6.07) is 2.12. The van der Waals surface area contributed by atoms with Crippen molar-refractivity contribution in [2.24, 2.45) is 5.41 Å². The van der Waals surface area contributed by atoms with Crippen molar-refractivity contribution < 1.29 is 9.31 Å². The lowest BCUT2D eigenvalue weighted by molar-refractivity contribution is -0.387.